The minimum atomic E-state index is -0.168. The van der Waals surface area contributed by atoms with Crippen molar-refractivity contribution in [1.82, 2.24) is 34.5 Å². The van der Waals surface area contributed by atoms with Crippen molar-refractivity contribution in [2.45, 2.75) is 38.6 Å². The van der Waals surface area contributed by atoms with Crippen LogP contribution in [0.4, 0.5) is 5.95 Å². The van der Waals surface area contributed by atoms with Crippen LogP contribution in [0.15, 0.2) is 47.7 Å². The summed E-state index contributed by atoms with van der Waals surface area (Å²) in [6, 6.07) is 10.1. The van der Waals surface area contributed by atoms with Crippen LogP contribution < -0.4 is 10.5 Å². The monoisotopic (exact) mass is 404 g/mol. The number of piperidine rings is 1. The maximum atomic E-state index is 12.7. The van der Waals surface area contributed by atoms with Crippen molar-refractivity contribution >= 4 is 17.0 Å². The molecular weight excluding hydrogens is 380 g/mol. The summed E-state index contributed by atoms with van der Waals surface area (Å²) in [5.74, 6) is 1.99. The van der Waals surface area contributed by atoms with Crippen LogP contribution >= 0.6 is 0 Å². The first-order valence-corrected chi connectivity index (χ1v) is 10.3. The van der Waals surface area contributed by atoms with Gasteiger partial charge in [0.2, 0.25) is 5.95 Å². The first kappa shape index (κ1) is 18.5. The van der Waals surface area contributed by atoms with E-state index in [1.165, 1.54) is 0 Å². The molecule has 0 amide bonds. The van der Waals surface area contributed by atoms with Gasteiger partial charge in [-0.3, -0.25) is 9.78 Å². The molecule has 1 fully saturated rings. The lowest BCUT2D eigenvalue weighted by atomic mass is 9.96. The molecule has 1 aliphatic rings. The summed E-state index contributed by atoms with van der Waals surface area (Å²) in [6.07, 6.45) is 5.25. The molecule has 4 heterocycles. The molecule has 0 saturated carbocycles. The van der Waals surface area contributed by atoms with Gasteiger partial charge < -0.3 is 9.47 Å². The quantitative estimate of drug-likeness (QED) is 0.562. The molecule has 3 aromatic heterocycles. The van der Waals surface area contributed by atoms with E-state index in [2.05, 4.69) is 43.6 Å². The molecule has 0 radical (unpaired) electrons. The maximum absolute atomic E-state index is 12.7. The molecule has 1 aliphatic heterocycles. The Morgan fingerprint density at radius 1 is 1.13 bits per heavy atom. The predicted molar refractivity (Wildman–Crippen MR) is 114 cm³/mol. The van der Waals surface area contributed by atoms with Crippen LogP contribution in [0.1, 0.15) is 44.5 Å². The Morgan fingerprint density at radius 2 is 1.90 bits per heavy atom. The molecule has 9 nitrogen and oxygen atoms in total. The van der Waals surface area contributed by atoms with Crippen LogP contribution in [0.25, 0.3) is 16.7 Å². The topological polar surface area (TPSA) is 97.5 Å². The summed E-state index contributed by atoms with van der Waals surface area (Å²) in [5, 5.41) is 13.3. The second kappa shape index (κ2) is 7.40. The fourth-order valence-electron chi connectivity index (χ4n) is 4.11. The molecule has 0 spiro atoms. The van der Waals surface area contributed by atoms with Crippen molar-refractivity contribution in [3.8, 4) is 5.69 Å². The zero-order valence-corrected chi connectivity index (χ0v) is 17.1. The van der Waals surface area contributed by atoms with Gasteiger partial charge in [0, 0.05) is 25.0 Å². The van der Waals surface area contributed by atoms with E-state index >= 15 is 0 Å². The van der Waals surface area contributed by atoms with Gasteiger partial charge in [0.05, 0.1) is 11.9 Å². The molecule has 0 bridgehead atoms. The van der Waals surface area contributed by atoms with Gasteiger partial charge in [-0.25, -0.2) is 4.68 Å². The number of hydrogen-bond donors (Lipinski definition) is 1. The second-order valence-corrected chi connectivity index (χ2v) is 7.97. The van der Waals surface area contributed by atoms with Crippen molar-refractivity contribution in [2.75, 3.05) is 18.0 Å². The third kappa shape index (κ3) is 3.16. The summed E-state index contributed by atoms with van der Waals surface area (Å²) < 4.78 is 3.86. The lowest BCUT2D eigenvalue weighted by molar-refractivity contribution is 0.446. The molecule has 0 atom stereocenters. The van der Waals surface area contributed by atoms with E-state index in [0.717, 1.165) is 37.4 Å². The maximum Gasteiger partial charge on any atom is 0.263 e. The number of aromatic nitrogens is 7. The third-order valence-corrected chi connectivity index (χ3v) is 5.74. The number of para-hydroxylation sites is 1. The molecule has 1 N–H and O–H groups in total. The highest BCUT2D eigenvalue weighted by Gasteiger charge is 2.26. The SMILES string of the molecule is CC(C)n1cnnc1C1CCN(c2nc3c(cnn3-c3ccccc3)c(=O)[nH]2)CC1. The van der Waals surface area contributed by atoms with Crippen LogP contribution in [0, 0.1) is 0 Å². The zero-order chi connectivity index (χ0) is 20.7. The summed E-state index contributed by atoms with van der Waals surface area (Å²) >= 11 is 0. The van der Waals surface area contributed by atoms with Gasteiger partial charge in [-0.05, 0) is 38.8 Å². The Labute approximate surface area is 173 Å². The van der Waals surface area contributed by atoms with E-state index in [4.69, 9.17) is 4.98 Å². The van der Waals surface area contributed by atoms with E-state index < -0.39 is 0 Å². The number of anilines is 1. The average Bonchev–Trinajstić information content (AvgIpc) is 3.42. The van der Waals surface area contributed by atoms with E-state index in [9.17, 15) is 4.79 Å². The number of aromatic amines is 1. The van der Waals surface area contributed by atoms with Crippen molar-refractivity contribution in [1.29, 1.82) is 0 Å². The van der Waals surface area contributed by atoms with Gasteiger partial charge in [-0.2, -0.15) is 10.1 Å². The van der Waals surface area contributed by atoms with Crippen LogP contribution in [-0.2, 0) is 0 Å². The molecule has 9 heteroatoms. The lowest BCUT2D eigenvalue weighted by Crippen LogP contribution is -2.36. The van der Waals surface area contributed by atoms with E-state index in [-0.39, 0.29) is 5.56 Å². The fraction of sp³-hybridized carbons (Fsp3) is 0.381. The first-order chi connectivity index (χ1) is 14.6. The van der Waals surface area contributed by atoms with Gasteiger partial charge in [-0.1, -0.05) is 18.2 Å². The minimum absolute atomic E-state index is 0.168. The zero-order valence-electron chi connectivity index (χ0n) is 17.1. The Morgan fingerprint density at radius 3 is 2.63 bits per heavy atom. The molecule has 1 saturated heterocycles. The number of fused-ring (bicyclic) bond motifs is 1. The van der Waals surface area contributed by atoms with E-state index in [0.29, 0.717) is 28.9 Å². The Hall–Kier alpha value is -3.49. The highest BCUT2D eigenvalue weighted by atomic mass is 16.1. The Balaban J connectivity index is 1.42. The minimum Gasteiger partial charge on any atom is -0.342 e. The summed E-state index contributed by atoms with van der Waals surface area (Å²) in [5.41, 5.74) is 1.28. The van der Waals surface area contributed by atoms with Crippen molar-refractivity contribution in [2.24, 2.45) is 0 Å². The molecule has 154 valence electrons. The second-order valence-electron chi connectivity index (χ2n) is 7.97. The van der Waals surface area contributed by atoms with Crippen LogP contribution in [0.3, 0.4) is 0 Å². The smallest absolute Gasteiger partial charge is 0.263 e. The highest BCUT2D eigenvalue weighted by Crippen LogP contribution is 2.29. The van der Waals surface area contributed by atoms with E-state index in [1.807, 2.05) is 36.7 Å². The lowest BCUT2D eigenvalue weighted by Gasteiger charge is -2.32. The number of hydrogen-bond acceptors (Lipinski definition) is 6. The van der Waals surface area contributed by atoms with Gasteiger partial charge in [0.1, 0.15) is 17.5 Å². The molecule has 5 rings (SSSR count). The number of nitrogens with zero attached hydrogens (tertiary/aromatic N) is 7. The number of H-pyrrole nitrogens is 1. The van der Waals surface area contributed by atoms with Crippen LogP contribution in [0.5, 0.6) is 0 Å². The standard InChI is InChI=1S/C21H24N8O/c1-14(2)28-13-22-26-18(28)15-8-10-27(11-9-15)21-24-19-17(20(30)25-21)12-23-29(19)16-6-4-3-5-7-16/h3-7,12-15H,8-11H2,1-2H3,(H,24,25,30). The van der Waals surface area contributed by atoms with Crippen molar-refractivity contribution < 1.29 is 0 Å². The summed E-state index contributed by atoms with van der Waals surface area (Å²) in [4.78, 5) is 22.5. The summed E-state index contributed by atoms with van der Waals surface area (Å²) in [7, 11) is 0. The molecule has 0 unspecified atom stereocenters. The Bertz CT molecular complexity index is 1210. The van der Waals surface area contributed by atoms with Crippen molar-refractivity contribution in [3.05, 3.63) is 59.0 Å². The van der Waals surface area contributed by atoms with E-state index in [1.54, 1.807) is 10.9 Å². The average molecular weight is 404 g/mol. The largest absolute Gasteiger partial charge is 0.342 e. The van der Waals surface area contributed by atoms with Gasteiger partial charge in [0.25, 0.3) is 5.56 Å². The Kier molecular flexibility index (Phi) is 4.57. The number of rotatable bonds is 4. The molecule has 0 aliphatic carbocycles. The normalized spacial score (nSPS) is 15.4. The van der Waals surface area contributed by atoms with Crippen LogP contribution in [-0.4, -0.2) is 47.6 Å². The summed E-state index contributed by atoms with van der Waals surface area (Å²) in [6.45, 7) is 5.87. The van der Waals surface area contributed by atoms with Gasteiger partial charge in [-0.15, -0.1) is 10.2 Å². The molecule has 1 aromatic carbocycles. The first-order valence-electron chi connectivity index (χ1n) is 10.3. The van der Waals surface area contributed by atoms with Gasteiger partial charge >= 0.3 is 0 Å². The number of benzene rings is 1. The predicted octanol–water partition coefficient (Wildman–Crippen LogP) is 2.67. The number of nitrogens with one attached hydrogen (secondary N) is 1. The van der Waals surface area contributed by atoms with Crippen molar-refractivity contribution in [3.63, 3.8) is 0 Å². The molecule has 30 heavy (non-hydrogen) atoms. The van der Waals surface area contributed by atoms with Crippen LogP contribution in [0.2, 0.25) is 0 Å². The third-order valence-electron chi connectivity index (χ3n) is 5.74. The molecular formula is C21H24N8O. The molecule has 4 aromatic rings. The van der Waals surface area contributed by atoms with Gasteiger partial charge in [0.15, 0.2) is 5.65 Å². The fourth-order valence-corrected chi connectivity index (χ4v) is 4.11. The highest BCUT2D eigenvalue weighted by molar-refractivity contribution is 5.76.